The molecule has 1 N–H and O–H groups in total. The van der Waals surface area contributed by atoms with E-state index in [9.17, 15) is 4.79 Å². The molecule has 1 aromatic rings. The van der Waals surface area contributed by atoms with E-state index in [0.717, 1.165) is 18.9 Å². The molecule has 1 aliphatic heterocycles. The second kappa shape index (κ2) is 7.45. The van der Waals surface area contributed by atoms with Crippen LogP contribution in [0.5, 0.6) is 0 Å². The van der Waals surface area contributed by atoms with Crippen LogP contribution in [-0.4, -0.2) is 54.3 Å². The van der Waals surface area contributed by atoms with E-state index in [0.29, 0.717) is 18.8 Å². The van der Waals surface area contributed by atoms with Gasteiger partial charge in [-0.25, -0.2) is 9.78 Å². The van der Waals surface area contributed by atoms with E-state index in [1.807, 2.05) is 26.0 Å². The second-order valence-corrected chi connectivity index (χ2v) is 5.67. The fraction of sp³-hybridized carbons (Fsp3) is 0.625. The lowest BCUT2D eigenvalue weighted by molar-refractivity contribution is -0.0530. The molecule has 2 rings (SSSR count). The maximum atomic E-state index is 12.3. The molecule has 6 heteroatoms. The zero-order valence-electron chi connectivity index (χ0n) is 13.9. The molecule has 1 aliphatic rings. The summed E-state index contributed by atoms with van der Waals surface area (Å²) < 4.78 is 5.64. The van der Waals surface area contributed by atoms with Crippen LogP contribution in [0.1, 0.15) is 27.7 Å². The highest BCUT2D eigenvalue weighted by atomic mass is 16.5. The van der Waals surface area contributed by atoms with Gasteiger partial charge in [0.2, 0.25) is 0 Å². The van der Waals surface area contributed by atoms with Gasteiger partial charge in [0.05, 0.1) is 24.1 Å². The molecule has 1 saturated heterocycles. The normalized spacial score (nSPS) is 21.5. The first-order valence-electron chi connectivity index (χ1n) is 7.95. The summed E-state index contributed by atoms with van der Waals surface area (Å²) in [5.74, 6) is 0.927. The molecule has 2 atom stereocenters. The van der Waals surface area contributed by atoms with Crippen molar-refractivity contribution in [3.63, 3.8) is 0 Å². The van der Waals surface area contributed by atoms with Gasteiger partial charge in [0.15, 0.2) is 0 Å². The van der Waals surface area contributed by atoms with Crippen LogP contribution >= 0.6 is 0 Å². The predicted molar refractivity (Wildman–Crippen MR) is 88.4 cm³/mol. The number of anilines is 2. The highest BCUT2D eigenvalue weighted by molar-refractivity contribution is 5.89. The largest absolute Gasteiger partial charge is 0.372 e. The fourth-order valence-electron chi connectivity index (χ4n) is 2.74. The summed E-state index contributed by atoms with van der Waals surface area (Å²) in [7, 11) is 0. The van der Waals surface area contributed by atoms with Crippen LogP contribution in [-0.2, 0) is 4.74 Å². The lowest BCUT2D eigenvalue weighted by Gasteiger charge is -2.35. The van der Waals surface area contributed by atoms with Crippen molar-refractivity contribution in [2.75, 3.05) is 36.4 Å². The summed E-state index contributed by atoms with van der Waals surface area (Å²) in [4.78, 5) is 20.7. The smallest absolute Gasteiger partial charge is 0.322 e. The Labute approximate surface area is 132 Å². The van der Waals surface area contributed by atoms with Crippen molar-refractivity contribution >= 4 is 17.5 Å². The van der Waals surface area contributed by atoms with Gasteiger partial charge in [0, 0.05) is 26.2 Å². The van der Waals surface area contributed by atoms with Crippen LogP contribution in [0, 0.1) is 0 Å². The summed E-state index contributed by atoms with van der Waals surface area (Å²) in [6.07, 6.45) is 1.84. The molecule has 0 saturated carbocycles. The van der Waals surface area contributed by atoms with Gasteiger partial charge in [-0.1, -0.05) is 0 Å². The predicted octanol–water partition coefficient (Wildman–Crippen LogP) is 2.57. The zero-order valence-corrected chi connectivity index (χ0v) is 13.9. The number of aromatic nitrogens is 1. The Balaban J connectivity index is 1.97. The van der Waals surface area contributed by atoms with Gasteiger partial charge in [-0.2, -0.15) is 0 Å². The quantitative estimate of drug-likeness (QED) is 0.929. The lowest BCUT2D eigenvalue weighted by atomic mass is 10.2. The van der Waals surface area contributed by atoms with Crippen LogP contribution < -0.4 is 10.2 Å². The number of carbonyl (C=O) groups excluding carboxylic acids is 1. The SMILES string of the molecule is CCN(CC)c1ccc(NC(=O)N2C[C@@H](C)O[C@@H](C)C2)cn1. The minimum absolute atomic E-state index is 0.0673. The van der Waals surface area contributed by atoms with Gasteiger partial charge in [-0.05, 0) is 39.8 Å². The minimum Gasteiger partial charge on any atom is -0.372 e. The van der Waals surface area contributed by atoms with Gasteiger partial charge in [-0.15, -0.1) is 0 Å². The molecule has 0 aliphatic carbocycles. The van der Waals surface area contributed by atoms with Crippen LogP contribution in [0.3, 0.4) is 0 Å². The van der Waals surface area contributed by atoms with Crippen molar-refractivity contribution in [2.24, 2.45) is 0 Å². The summed E-state index contributed by atoms with van der Waals surface area (Å²) in [5.41, 5.74) is 0.715. The third-order valence-corrected chi connectivity index (χ3v) is 3.79. The summed E-state index contributed by atoms with van der Waals surface area (Å²) in [5, 5.41) is 2.91. The number of nitrogens with zero attached hydrogens (tertiary/aromatic N) is 3. The summed E-state index contributed by atoms with van der Waals surface area (Å²) in [6.45, 7) is 11.2. The van der Waals surface area contributed by atoms with Gasteiger partial charge < -0.3 is 19.9 Å². The van der Waals surface area contributed by atoms with Crippen LogP contribution in [0.25, 0.3) is 0 Å². The van der Waals surface area contributed by atoms with E-state index in [4.69, 9.17) is 4.74 Å². The molecule has 0 bridgehead atoms. The molecular formula is C16H26N4O2. The number of carbonyl (C=O) groups is 1. The molecule has 1 aromatic heterocycles. The number of hydrogen-bond acceptors (Lipinski definition) is 4. The molecule has 0 spiro atoms. The highest BCUT2D eigenvalue weighted by Crippen LogP contribution is 2.16. The van der Waals surface area contributed by atoms with Crippen molar-refractivity contribution in [2.45, 2.75) is 39.9 Å². The third kappa shape index (κ3) is 4.10. The number of hydrogen-bond donors (Lipinski definition) is 1. The number of pyridine rings is 1. The van der Waals surface area contributed by atoms with E-state index in [1.165, 1.54) is 0 Å². The standard InChI is InChI=1S/C16H26N4O2/c1-5-19(6-2)15-8-7-14(9-17-15)18-16(21)20-10-12(3)22-13(4)11-20/h7-9,12-13H,5-6,10-11H2,1-4H3,(H,18,21)/t12-,13+. The van der Waals surface area contributed by atoms with E-state index in [-0.39, 0.29) is 18.2 Å². The van der Waals surface area contributed by atoms with E-state index in [1.54, 1.807) is 11.1 Å². The number of ether oxygens (including phenoxy) is 1. The van der Waals surface area contributed by atoms with Crippen molar-refractivity contribution in [3.8, 4) is 0 Å². The van der Waals surface area contributed by atoms with Gasteiger partial charge in [0.25, 0.3) is 0 Å². The average molecular weight is 306 g/mol. The van der Waals surface area contributed by atoms with Crippen LogP contribution in [0.15, 0.2) is 18.3 Å². The van der Waals surface area contributed by atoms with Gasteiger partial charge >= 0.3 is 6.03 Å². The first-order chi connectivity index (χ1) is 10.5. The monoisotopic (exact) mass is 306 g/mol. The average Bonchev–Trinajstić information content (AvgIpc) is 2.49. The molecule has 22 heavy (non-hydrogen) atoms. The molecular weight excluding hydrogens is 280 g/mol. The first kappa shape index (κ1) is 16.5. The molecule has 1 fully saturated rings. The van der Waals surface area contributed by atoms with Crippen molar-refractivity contribution in [1.82, 2.24) is 9.88 Å². The third-order valence-electron chi connectivity index (χ3n) is 3.79. The Kier molecular flexibility index (Phi) is 5.60. The number of morpholine rings is 1. The Morgan fingerprint density at radius 2 is 1.95 bits per heavy atom. The van der Waals surface area contributed by atoms with Crippen LogP contribution in [0.4, 0.5) is 16.3 Å². The molecule has 0 aromatic carbocycles. The molecule has 122 valence electrons. The number of nitrogens with one attached hydrogen (secondary N) is 1. The van der Waals surface area contributed by atoms with Crippen molar-refractivity contribution < 1.29 is 9.53 Å². The van der Waals surface area contributed by atoms with E-state index in [2.05, 4.69) is 29.0 Å². The second-order valence-electron chi connectivity index (χ2n) is 5.67. The summed E-state index contributed by atoms with van der Waals surface area (Å²) in [6, 6.07) is 3.73. The van der Waals surface area contributed by atoms with Gasteiger partial charge in [-0.3, -0.25) is 0 Å². The van der Waals surface area contributed by atoms with Gasteiger partial charge in [0.1, 0.15) is 5.82 Å². The van der Waals surface area contributed by atoms with Crippen LogP contribution in [0.2, 0.25) is 0 Å². The van der Waals surface area contributed by atoms with Crippen molar-refractivity contribution in [3.05, 3.63) is 18.3 Å². The molecule has 2 amide bonds. The minimum atomic E-state index is -0.0978. The number of rotatable bonds is 4. The molecule has 0 unspecified atom stereocenters. The maximum Gasteiger partial charge on any atom is 0.322 e. The van der Waals surface area contributed by atoms with Crippen molar-refractivity contribution in [1.29, 1.82) is 0 Å². The Hall–Kier alpha value is -1.82. The highest BCUT2D eigenvalue weighted by Gasteiger charge is 2.25. The number of urea groups is 1. The Morgan fingerprint density at radius 1 is 1.32 bits per heavy atom. The zero-order chi connectivity index (χ0) is 16.1. The number of amides is 2. The maximum absolute atomic E-state index is 12.3. The topological polar surface area (TPSA) is 57.7 Å². The van der Waals surface area contributed by atoms with E-state index >= 15 is 0 Å². The lowest BCUT2D eigenvalue weighted by Crippen LogP contribution is -2.49. The molecule has 6 nitrogen and oxygen atoms in total. The van der Waals surface area contributed by atoms with E-state index < -0.39 is 0 Å². The first-order valence-corrected chi connectivity index (χ1v) is 7.95. The summed E-state index contributed by atoms with van der Waals surface area (Å²) >= 11 is 0. The molecule has 2 heterocycles. The Morgan fingerprint density at radius 3 is 2.45 bits per heavy atom. The molecule has 0 radical (unpaired) electrons. The Bertz CT molecular complexity index is 477. The fourth-order valence-corrected chi connectivity index (χ4v) is 2.74.